The van der Waals surface area contributed by atoms with Gasteiger partial charge in [0.15, 0.2) is 0 Å². The largest absolute Gasteiger partial charge is 0.480 e. The average Bonchev–Trinajstić information content (AvgIpc) is 2.95. The van der Waals surface area contributed by atoms with Crippen LogP contribution in [0.3, 0.4) is 0 Å². The Hall–Kier alpha value is -2.42. The predicted octanol–water partition coefficient (Wildman–Crippen LogP) is 1.05. The van der Waals surface area contributed by atoms with Crippen molar-refractivity contribution in [1.82, 2.24) is 20.1 Å². The van der Waals surface area contributed by atoms with E-state index in [1.54, 1.807) is 0 Å². The third kappa shape index (κ3) is 4.05. The molecule has 0 aliphatic carbocycles. The maximum atomic E-state index is 11.6. The fourth-order valence-electron chi connectivity index (χ4n) is 1.49. The lowest BCUT2D eigenvalue weighted by Gasteiger charge is -2.03. The molecule has 0 unspecified atom stereocenters. The van der Waals surface area contributed by atoms with Crippen molar-refractivity contribution in [2.24, 2.45) is 0 Å². The first kappa shape index (κ1) is 14.0. The molecule has 0 bridgehead atoms. The molecule has 0 atom stereocenters. The number of urea groups is 1. The third-order valence-corrected chi connectivity index (χ3v) is 3.11. The molecule has 0 aliphatic heterocycles. The first-order chi connectivity index (χ1) is 9.52. The lowest BCUT2D eigenvalue weighted by atomic mass is 10.5. The molecule has 0 aliphatic rings. The van der Waals surface area contributed by atoms with E-state index in [0.717, 1.165) is 10.7 Å². The summed E-state index contributed by atoms with van der Waals surface area (Å²) in [6.45, 7) is 1.98. The molecule has 0 saturated heterocycles. The number of carboxylic acid groups (broad SMARTS) is 1. The molecule has 2 aromatic rings. The van der Waals surface area contributed by atoms with Crippen molar-refractivity contribution < 1.29 is 14.7 Å². The van der Waals surface area contributed by atoms with Gasteiger partial charge in [-0.05, 0) is 6.92 Å². The first-order valence-corrected chi connectivity index (χ1v) is 6.61. The average molecular weight is 295 g/mol. The van der Waals surface area contributed by atoms with Gasteiger partial charge in [-0.2, -0.15) is 5.10 Å². The monoisotopic (exact) mass is 295 g/mol. The molecule has 8 nitrogen and oxygen atoms in total. The molecular formula is C11H13N5O3S. The fourth-order valence-corrected chi connectivity index (χ4v) is 2.10. The molecule has 0 saturated carbocycles. The smallest absolute Gasteiger partial charge is 0.325 e. The number of carboxylic acids is 1. The highest BCUT2D eigenvalue weighted by molar-refractivity contribution is 7.09. The van der Waals surface area contributed by atoms with E-state index in [0.29, 0.717) is 12.2 Å². The van der Waals surface area contributed by atoms with Crippen molar-refractivity contribution in [1.29, 1.82) is 0 Å². The second kappa shape index (κ2) is 6.15. The number of rotatable bonds is 5. The van der Waals surface area contributed by atoms with Crippen LogP contribution in [-0.4, -0.2) is 31.9 Å². The van der Waals surface area contributed by atoms with Gasteiger partial charge < -0.3 is 15.7 Å². The number of hydrogen-bond donors (Lipinski definition) is 3. The number of aliphatic carboxylic acids is 1. The Balaban J connectivity index is 1.82. The van der Waals surface area contributed by atoms with Gasteiger partial charge in [0.2, 0.25) is 0 Å². The highest BCUT2D eigenvalue weighted by Crippen LogP contribution is 2.08. The third-order valence-electron chi connectivity index (χ3n) is 2.29. The minimum atomic E-state index is -0.997. The van der Waals surface area contributed by atoms with Crippen molar-refractivity contribution in [3.05, 3.63) is 28.5 Å². The van der Waals surface area contributed by atoms with Crippen molar-refractivity contribution in [3.63, 3.8) is 0 Å². The summed E-state index contributed by atoms with van der Waals surface area (Å²) in [5.41, 5.74) is 1.22. The Kier molecular flexibility index (Phi) is 4.31. The molecule has 2 rings (SSSR count). The van der Waals surface area contributed by atoms with E-state index < -0.39 is 12.0 Å². The van der Waals surface area contributed by atoms with Crippen LogP contribution in [0.25, 0.3) is 0 Å². The maximum Gasteiger partial charge on any atom is 0.325 e. The van der Waals surface area contributed by atoms with Gasteiger partial charge in [-0.15, -0.1) is 11.3 Å². The molecule has 0 spiro atoms. The molecule has 2 aromatic heterocycles. The molecule has 0 radical (unpaired) electrons. The van der Waals surface area contributed by atoms with Crippen molar-refractivity contribution in [2.75, 3.05) is 5.32 Å². The zero-order valence-electron chi connectivity index (χ0n) is 10.7. The SMILES string of the molecule is Cc1nc(CNC(=O)Nc2cnn(CC(=O)O)c2)cs1. The molecule has 20 heavy (non-hydrogen) atoms. The summed E-state index contributed by atoms with van der Waals surface area (Å²) >= 11 is 1.52. The Bertz CT molecular complexity index is 621. The number of carbonyl (C=O) groups is 2. The lowest BCUT2D eigenvalue weighted by Crippen LogP contribution is -2.28. The number of hydrogen-bond acceptors (Lipinski definition) is 5. The topological polar surface area (TPSA) is 109 Å². The quantitative estimate of drug-likeness (QED) is 0.764. The summed E-state index contributed by atoms with van der Waals surface area (Å²) < 4.78 is 1.22. The summed E-state index contributed by atoms with van der Waals surface area (Å²) in [5.74, 6) is -0.997. The molecular weight excluding hydrogens is 282 g/mol. The zero-order chi connectivity index (χ0) is 14.5. The van der Waals surface area contributed by atoms with E-state index in [9.17, 15) is 9.59 Å². The molecule has 0 fully saturated rings. The number of nitrogens with zero attached hydrogens (tertiary/aromatic N) is 3. The molecule has 2 heterocycles. The lowest BCUT2D eigenvalue weighted by molar-refractivity contribution is -0.137. The molecule has 2 amide bonds. The van der Waals surface area contributed by atoms with Gasteiger partial charge in [-0.3, -0.25) is 9.48 Å². The summed E-state index contributed by atoms with van der Waals surface area (Å²) in [6.07, 6.45) is 2.83. The highest BCUT2D eigenvalue weighted by atomic mass is 32.1. The summed E-state index contributed by atoms with van der Waals surface area (Å²) in [6, 6.07) is -0.398. The van der Waals surface area contributed by atoms with Gasteiger partial charge in [-0.1, -0.05) is 0 Å². The van der Waals surface area contributed by atoms with Gasteiger partial charge in [-0.25, -0.2) is 9.78 Å². The number of aryl methyl sites for hydroxylation is 1. The minimum absolute atomic E-state index is 0.249. The number of amides is 2. The number of nitrogens with one attached hydrogen (secondary N) is 2. The van der Waals surface area contributed by atoms with Crippen LogP contribution in [0, 0.1) is 6.92 Å². The van der Waals surface area contributed by atoms with Crippen LogP contribution in [0.5, 0.6) is 0 Å². The van der Waals surface area contributed by atoms with Crippen LogP contribution < -0.4 is 10.6 Å². The Labute approximate surface area is 118 Å². The zero-order valence-corrected chi connectivity index (χ0v) is 11.5. The number of aromatic nitrogens is 3. The number of carbonyl (C=O) groups excluding carboxylic acids is 1. The summed E-state index contributed by atoms with van der Waals surface area (Å²) in [7, 11) is 0. The summed E-state index contributed by atoms with van der Waals surface area (Å²) in [4.78, 5) is 26.3. The van der Waals surface area contributed by atoms with Crippen molar-refractivity contribution in [2.45, 2.75) is 20.0 Å². The van der Waals surface area contributed by atoms with E-state index in [2.05, 4.69) is 20.7 Å². The molecule has 3 N–H and O–H groups in total. The molecule has 9 heteroatoms. The number of thiazole rings is 1. The van der Waals surface area contributed by atoms with Crippen LogP contribution in [0.15, 0.2) is 17.8 Å². The van der Waals surface area contributed by atoms with Crippen LogP contribution in [0.2, 0.25) is 0 Å². The van der Waals surface area contributed by atoms with Crippen molar-refractivity contribution in [3.8, 4) is 0 Å². The van der Waals surface area contributed by atoms with E-state index in [4.69, 9.17) is 5.11 Å². The highest BCUT2D eigenvalue weighted by Gasteiger charge is 2.06. The van der Waals surface area contributed by atoms with Gasteiger partial charge in [0.05, 0.1) is 29.1 Å². The van der Waals surface area contributed by atoms with Crippen LogP contribution in [-0.2, 0) is 17.9 Å². The van der Waals surface area contributed by atoms with Gasteiger partial charge in [0.1, 0.15) is 6.54 Å². The van der Waals surface area contributed by atoms with Crippen molar-refractivity contribution >= 4 is 29.0 Å². The normalized spacial score (nSPS) is 10.2. The van der Waals surface area contributed by atoms with E-state index >= 15 is 0 Å². The van der Waals surface area contributed by atoms with Gasteiger partial charge >= 0.3 is 12.0 Å². The predicted molar refractivity (Wildman–Crippen MR) is 72.6 cm³/mol. The first-order valence-electron chi connectivity index (χ1n) is 5.73. The van der Waals surface area contributed by atoms with Crippen LogP contribution >= 0.6 is 11.3 Å². The summed E-state index contributed by atoms with van der Waals surface area (Å²) in [5, 5.41) is 20.4. The molecule has 0 aromatic carbocycles. The Morgan fingerprint density at radius 3 is 2.95 bits per heavy atom. The van der Waals surface area contributed by atoms with E-state index in [1.807, 2.05) is 12.3 Å². The Morgan fingerprint density at radius 1 is 1.50 bits per heavy atom. The standard InChI is InChI=1S/C11H13N5O3S/c1-7-14-9(6-20-7)2-12-11(19)15-8-3-13-16(4-8)5-10(17)18/h3-4,6H,2,5H2,1H3,(H,17,18)(H2,12,15,19). The van der Waals surface area contributed by atoms with Crippen LogP contribution in [0.1, 0.15) is 10.7 Å². The number of anilines is 1. The fraction of sp³-hybridized carbons (Fsp3) is 0.273. The van der Waals surface area contributed by atoms with Gasteiger partial charge in [0.25, 0.3) is 0 Å². The van der Waals surface area contributed by atoms with E-state index in [1.165, 1.54) is 28.4 Å². The van der Waals surface area contributed by atoms with E-state index in [-0.39, 0.29) is 6.54 Å². The minimum Gasteiger partial charge on any atom is -0.480 e. The Morgan fingerprint density at radius 2 is 2.30 bits per heavy atom. The molecule has 106 valence electrons. The van der Waals surface area contributed by atoms with Crippen LogP contribution in [0.4, 0.5) is 10.5 Å². The second-order valence-electron chi connectivity index (χ2n) is 3.99. The van der Waals surface area contributed by atoms with Gasteiger partial charge in [0, 0.05) is 11.6 Å². The maximum absolute atomic E-state index is 11.6. The second-order valence-corrected chi connectivity index (χ2v) is 5.05.